The van der Waals surface area contributed by atoms with Crippen molar-refractivity contribution in [2.24, 2.45) is 7.05 Å². The molecule has 4 nitrogen and oxygen atoms in total. The van der Waals surface area contributed by atoms with Gasteiger partial charge >= 0.3 is 0 Å². The van der Waals surface area contributed by atoms with Gasteiger partial charge in [0.25, 0.3) is 0 Å². The van der Waals surface area contributed by atoms with Crippen LogP contribution in [0.1, 0.15) is 19.4 Å². The number of benzene rings is 1. The molecule has 1 N–H and O–H groups in total. The minimum Gasteiger partial charge on any atom is -0.334 e. The Morgan fingerprint density at radius 2 is 2.16 bits per heavy atom. The van der Waals surface area contributed by atoms with E-state index in [9.17, 15) is 0 Å². The van der Waals surface area contributed by atoms with Crippen molar-refractivity contribution in [1.29, 1.82) is 0 Å². The first-order valence-corrected chi connectivity index (χ1v) is 6.88. The highest BCUT2D eigenvalue weighted by molar-refractivity contribution is 5.75. The number of nitrogens with zero attached hydrogens (tertiary/aromatic N) is 3. The topological polar surface area (TPSA) is 33.1 Å². The maximum Gasteiger partial charge on any atom is 0.0955 e. The molecule has 0 aliphatic carbocycles. The summed E-state index contributed by atoms with van der Waals surface area (Å²) in [5, 5.41) is 3.44. The molecule has 19 heavy (non-hydrogen) atoms. The van der Waals surface area contributed by atoms with Crippen LogP contribution in [0.3, 0.4) is 0 Å². The van der Waals surface area contributed by atoms with Crippen LogP contribution in [0.25, 0.3) is 11.0 Å². The molecule has 0 atom stereocenters. The molecule has 1 aromatic heterocycles. The predicted molar refractivity (Wildman–Crippen MR) is 80.2 cm³/mol. The zero-order valence-corrected chi connectivity index (χ0v) is 12.3. The second kappa shape index (κ2) is 6.17. The first-order chi connectivity index (χ1) is 9.06. The van der Waals surface area contributed by atoms with E-state index in [2.05, 4.69) is 58.9 Å². The molecule has 1 heterocycles. The molecule has 2 aromatic rings. The standard InChI is InChI=1S/C15H24N4/c1-12(2)16-7-8-18(3)10-13-5-6-15-14(9-13)17-11-19(15)4/h5-6,9,11-12,16H,7-8,10H2,1-4H3. The lowest BCUT2D eigenvalue weighted by Crippen LogP contribution is -2.32. The summed E-state index contributed by atoms with van der Waals surface area (Å²) in [5.41, 5.74) is 3.58. The van der Waals surface area contributed by atoms with Gasteiger partial charge in [-0.2, -0.15) is 0 Å². The zero-order chi connectivity index (χ0) is 13.8. The lowest BCUT2D eigenvalue weighted by Gasteiger charge is -2.18. The third kappa shape index (κ3) is 3.78. The van der Waals surface area contributed by atoms with E-state index in [-0.39, 0.29) is 0 Å². The van der Waals surface area contributed by atoms with Gasteiger partial charge in [-0.05, 0) is 24.7 Å². The molecule has 0 aliphatic rings. The van der Waals surface area contributed by atoms with Crippen LogP contribution in [-0.4, -0.2) is 40.6 Å². The number of aromatic nitrogens is 2. The number of hydrogen-bond donors (Lipinski definition) is 1. The number of fused-ring (bicyclic) bond motifs is 1. The van der Waals surface area contributed by atoms with Gasteiger partial charge in [-0.3, -0.25) is 0 Å². The number of likely N-dealkylation sites (N-methyl/N-ethyl adjacent to an activating group) is 1. The van der Waals surface area contributed by atoms with E-state index in [1.807, 2.05) is 13.4 Å². The van der Waals surface area contributed by atoms with Gasteiger partial charge in [-0.25, -0.2) is 4.98 Å². The first kappa shape index (κ1) is 14.0. The molecule has 0 radical (unpaired) electrons. The Hall–Kier alpha value is -1.39. The fraction of sp³-hybridized carbons (Fsp3) is 0.533. The van der Waals surface area contributed by atoms with Gasteiger partial charge in [0.05, 0.1) is 17.4 Å². The van der Waals surface area contributed by atoms with Crippen molar-refractivity contribution in [1.82, 2.24) is 19.8 Å². The number of nitrogens with one attached hydrogen (secondary N) is 1. The van der Waals surface area contributed by atoms with E-state index in [0.717, 1.165) is 25.2 Å². The fourth-order valence-corrected chi connectivity index (χ4v) is 2.21. The van der Waals surface area contributed by atoms with Crippen LogP contribution in [0.4, 0.5) is 0 Å². The molecule has 104 valence electrons. The molecule has 0 bridgehead atoms. The monoisotopic (exact) mass is 260 g/mol. The van der Waals surface area contributed by atoms with Crippen LogP contribution in [0, 0.1) is 0 Å². The van der Waals surface area contributed by atoms with Crippen LogP contribution in [-0.2, 0) is 13.6 Å². The molecule has 0 unspecified atom stereocenters. The Labute approximate surface area is 115 Å². The highest BCUT2D eigenvalue weighted by Gasteiger charge is 2.04. The molecule has 0 amide bonds. The average Bonchev–Trinajstić information content (AvgIpc) is 2.70. The maximum atomic E-state index is 4.40. The molecule has 0 saturated heterocycles. The largest absolute Gasteiger partial charge is 0.334 e. The van der Waals surface area contributed by atoms with Crippen molar-refractivity contribution in [3.05, 3.63) is 30.1 Å². The summed E-state index contributed by atoms with van der Waals surface area (Å²) in [7, 11) is 4.18. The molecule has 0 saturated carbocycles. The molecular weight excluding hydrogens is 236 g/mol. The fourth-order valence-electron chi connectivity index (χ4n) is 2.21. The summed E-state index contributed by atoms with van der Waals surface area (Å²) in [5.74, 6) is 0. The van der Waals surface area contributed by atoms with E-state index in [4.69, 9.17) is 0 Å². The van der Waals surface area contributed by atoms with Crippen molar-refractivity contribution in [3.8, 4) is 0 Å². The van der Waals surface area contributed by atoms with Crippen LogP contribution in [0.15, 0.2) is 24.5 Å². The Morgan fingerprint density at radius 3 is 2.89 bits per heavy atom. The van der Waals surface area contributed by atoms with Gasteiger partial charge in [0.1, 0.15) is 0 Å². The van der Waals surface area contributed by atoms with Gasteiger partial charge in [0.2, 0.25) is 0 Å². The van der Waals surface area contributed by atoms with E-state index in [1.54, 1.807) is 0 Å². The first-order valence-electron chi connectivity index (χ1n) is 6.88. The van der Waals surface area contributed by atoms with Gasteiger partial charge in [0, 0.05) is 32.7 Å². The molecule has 0 spiro atoms. The van der Waals surface area contributed by atoms with Crippen molar-refractivity contribution in [2.75, 3.05) is 20.1 Å². The predicted octanol–water partition coefficient (Wildman–Crippen LogP) is 2.00. The van der Waals surface area contributed by atoms with E-state index in [1.165, 1.54) is 11.1 Å². The minimum atomic E-state index is 0.554. The van der Waals surface area contributed by atoms with Crippen molar-refractivity contribution in [3.63, 3.8) is 0 Å². The van der Waals surface area contributed by atoms with E-state index < -0.39 is 0 Å². The molecule has 0 aliphatic heterocycles. The smallest absolute Gasteiger partial charge is 0.0955 e. The summed E-state index contributed by atoms with van der Waals surface area (Å²) < 4.78 is 2.05. The van der Waals surface area contributed by atoms with Crippen LogP contribution >= 0.6 is 0 Å². The maximum absolute atomic E-state index is 4.40. The molecule has 0 fully saturated rings. The normalized spacial score (nSPS) is 11.9. The highest BCUT2D eigenvalue weighted by atomic mass is 15.1. The average molecular weight is 260 g/mol. The number of rotatable bonds is 6. The quantitative estimate of drug-likeness (QED) is 0.862. The Balaban J connectivity index is 1.93. The second-order valence-electron chi connectivity index (χ2n) is 5.53. The SMILES string of the molecule is CC(C)NCCN(C)Cc1ccc2c(c1)ncn2C. The lowest BCUT2D eigenvalue weighted by molar-refractivity contribution is 0.320. The van der Waals surface area contributed by atoms with Gasteiger partial charge in [0.15, 0.2) is 0 Å². The molecular formula is C15H24N4. The lowest BCUT2D eigenvalue weighted by atomic mass is 10.2. The minimum absolute atomic E-state index is 0.554. The Morgan fingerprint density at radius 1 is 1.37 bits per heavy atom. The van der Waals surface area contributed by atoms with Gasteiger partial charge in [-0.1, -0.05) is 19.9 Å². The number of aryl methyl sites for hydroxylation is 1. The third-order valence-electron chi connectivity index (χ3n) is 3.29. The van der Waals surface area contributed by atoms with Gasteiger partial charge < -0.3 is 14.8 Å². The highest BCUT2D eigenvalue weighted by Crippen LogP contribution is 2.14. The zero-order valence-electron chi connectivity index (χ0n) is 12.3. The summed E-state index contributed by atoms with van der Waals surface area (Å²) in [4.78, 5) is 6.74. The number of imidazole rings is 1. The Kier molecular flexibility index (Phi) is 4.56. The summed E-state index contributed by atoms with van der Waals surface area (Å²) in [6.07, 6.45) is 1.87. The van der Waals surface area contributed by atoms with E-state index >= 15 is 0 Å². The number of hydrogen-bond acceptors (Lipinski definition) is 3. The van der Waals surface area contributed by atoms with Crippen molar-refractivity contribution >= 4 is 11.0 Å². The third-order valence-corrected chi connectivity index (χ3v) is 3.29. The Bertz CT molecular complexity index is 530. The summed E-state index contributed by atoms with van der Waals surface area (Å²) in [6.45, 7) is 7.40. The van der Waals surface area contributed by atoms with Crippen molar-refractivity contribution < 1.29 is 0 Å². The van der Waals surface area contributed by atoms with Crippen LogP contribution < -0.4 is 5.32 Å². The summed E-state index contributed by atoms with van der Waals surface area (Å²) in [6, 6.07) is 7.08. The molecule has 4 heteroatoms. The van der Waals surface area contributed by atoms with Gasteiger partial charge in [-0.15, -0.1) is 0 Å². The van der Waals surface area contributed by atoms with Crippen LogP contribution in [0.5, 0.6) is 0 Å². The summed E-state index contributed by atoms with van der Waals surface area (Å²) >= 11 is 0. The molecule has 2 rings (SSSR count). The van der Waals surface area contributed by atoms with Crippen LogP contribution in [0.2, 0.25) is 0 Å². The van der Waals surface area contributed by atoms with E-state index in [0.29, 0.717) is 6.04 Å². The van der Waals surface area contributed by atoms with Crippen molar-refractivity contribution in [2.45, 2.75) is 26.4 Å². The molecule has 1 aromatic carbocycles. The second-order valence-corrected chi connectivity index (χ2v) is 5.53.